The summed E-state index contributed by atoms with van der Waals surface area (Å²) >= 11 is 0. The van der Waals surface area contributed by atoms with Crippen molar-refractivity contribution < 1.29 is 9.13 Å². The molecule has 0 aliphatic heterocycles. The van der Waals surface area contributed by atoms with E-state index in [1.807, 2.05) is 6.92 Å². The highest BCUT2D eigenvalue weighted by molar-refractivity contribution is 5.31. The number of halogens is 1. The van der Waals surface area contributed by atoms with Crippen molar-refractivity contribution in [2.24, 2.45) is 5.73 Å². The van der Waals surface area contributed by atoms with Gasteiger partial charge < -0.3 is 10.5 Å². The van der Waals surface area contributed by atoms with Gasteiger partial charge in [0.25, 0.3) is 0 Å². The highest BCUT2D eigenvalue weighted by Crippen LogP contribution is 2.22. The van der Waals surface area contributed by atoms with Crippen molar-refractivity contribution in [3.63, 3.8) is 0 Å². The minimum absolute atomic E-state index is 0.255. The molecule has 1 aromatic carbocycles. The highest BCUT2D eigenvalue weighted by atomic mass is 19.1. The lowest BCUT2D eigenvalue weighted by atomic mass is 10.0. The molecule has 1 rings (SSSR count). The van der Waals surface area contributed by atoms with E-state index in [0.717, 1.165) is 0 Å². The lowest BCUT2D eigenvalue weighted by Gasteiger charge is -2.11. The van der Waals surface area contributed by atoms with Crippen LogP contribution in [0.15, 0.2) is 18.2 Å². The first kappa shape index (κ1) is 9.99. The van der Waals surface area contributed by atoms with Gasteiger partial charge in [0.1, 0.15) is 11.6 Å². The number of nitrogens with two attached hydrogens (primary N) is 1. The maximum atomic E-state index is 13.2. The predicted octanol–water partition coefficient (Wildman–Crippen LogP) is 2.24. The van der Waals surface area contributed by atoms with E-state index in [0.29, 0.717) is 17.7 Å². The summed E-state index contributed by atoms with van der Waals surface area (Å²) in [5, 5.41) is 0. The SMILES string of the molecule is CC[C@H](N)c1cc(OC)ccc1F. The summed E-state index contributed by atoms with van der Waals surface area (Å²) in [4.78, 5) is 0. The van der Waals surface area contributed by atoms with Gasteiger partial charge in [-0.25, -0.2) is 4.39 Å². The van der Waals surface area contributed by atoms with Crippen LogP contribution >= 0.6 is 0 Å². The van der Waals surface area contributed by atoms with Gasteiger partial charge in [-0.15, -0.1) is 0 Å². The molecule has 0 amide bonds. The standard InChI is InChI=1S/C10H14FNO/c1-3-10(12)8-6-7(13-2)4-5-9(8)11/h4-6,10H,3,12H2,1-2H3/t10-/m0/s1. The van der Waals surface area contributed by atoms with E-state index < -0.39 is 0 Å². The Morgan fingerprint density at radius 3 is 2.77 bits per heavy atom. The minimum Gasteiger partial charge on any atom is -0.497 e. The molecule has 0 radical (unpaired) electrons. The third-order valence-corrected chi connectivity index (χ3v) is 2.04. The van der Waals surface area contributed by atoms with E-state index in [9.17, 15) is 4.39 Å². The molecule has 0 aliphatic carbocycles. The summed E-state index contributed by atoms with van der Waals surface area (Å²) < 4.78 is 18.2. The molecule has 0 unspecified atom stereocenters. The number of hydrogen-bond acceptors (Lipinski definition) is 2. The average molecular weight is 183 g/mol. The molecule has 1 atom stereocenters. The van der Waals surface area contributed by atoms with Crippen molar-refractivity contribution >= 4 is 0 Å². The Balaban J connectivity index is 3.03. The number of benzene rings is 1. The van der Waals surface area contributed by atoms with Crippen LogP contribution < -0.4 is 10.5 Å². The average Bonchev–Trinajstić information content (AvgIpc) is 2.17. The van der Waals surface area contributed by atoms with Crippen LogP contribution in [-0.2, 0) is 0 Å². The van der Waals surface area contributed by atoms with Crippen LogP contribution in [0.1, 0.15) is 24.9 Å². The maximum Gasteiger partial charge on any atom is 0.128 e. The van der Waals surface area contributed by atoms with Gasteiger partial charge >= 0.3 is 0 Å². The third kappa shape index (κ3) is 2.18. The summed E-state index contributed by atoms with van der Waals surface area (Å²) in [7, 11) is 1.55. The Morgan fingerprint density at radius 1 is 1.54 bits per heavy atom. The van der Waals surface area contributed by atoms with Crippen molar-refractivity contribution in [3.8, 4) is 5.75 Å². The van der Waals surface area contributed by atoms with Crippen LogP contribution in [0.2, 0.25) is 0 Å². The van der Waals surface area contributed by atoms with Crippen molar-refractivity contribution in [2.45, 2.75) is 19.4 Å². The molecule has 0 fully saturated rings. The fraction of sp³-hybridized carbons (Fsp3) is 0.400. The first-order valence-corrected chi connectivity index (χ1v) is 4.28. The molecular formula is C10H14FNO. The summed E-state index contributed by atoms with van der Waals surface area (Å²) in [6.07, 6.45) is 0.712. The van der Waals surface area contributed by atoms with Gasteiger partial charge in [-0.1, -0.05) is 6.92 Å². The minimum atomic E-state index is -0.268. The molecule has 0 saturated carbocycles. The molecule has 0 aliphatic rings. The van der Waals surface area contributed by atoms with Gasteiger partial charge in [-0.3, -0.25) is 0 Å². The molecule has 3 heteroatoms. The van der Waals surface area contributed by atoms with Crippen LogP contribution in [0.5, 0.6) is 5.75 Å². The molecule has 0 aromatic heterocycles. The molecule has 0 saturated heterocycles. The molecule has 0 bridgehead atoms. The van der Waals surface area contributed by atoms with E-state index in [1.54, 1.807) is 19.2 Å². The number of methoxy groups -OCH3 is 1. The van der Waals surface area contributed by atoms with Crippen LogP contribution in [-0.4, -0.2) is 7.11 Å². The van der Waals surface area contributed by atoms with Gasteiger partial charge in [0.2, 0.25) is 0 Å². The lowest BCUT2D eigenvalue weighted by Crippen LogP contribution is -2.10. The van der Waals surface area contributed by atoms with E-state index >= 15 is 0 Å². The zero-order valence-electron chi connectivity index (χ0n) is 7.88. The van der Waals surface area contributed by atoms with Gasteiger partial charge in [-0.2, -0.15) is 0 Å². The van der Waals surface area contributed by atoms with Gasteiger partial charge in [0.15, 0.2) is 0 Å². The van der Waals surface area contributed by atoms with E-state index in [4.69, 9.17) is 10.5 Å². The Bertz CT molecular complexity index is 288. The van der Waals surface area contributed by atoms with Crippen molar-refractivity contribution in [3.05, 3.63) is 29.6 Å². The fourth-order valence-electron chi connectivity index (χ4n) is 1.15. The molecule has 0 spiro atoms. The predicted molar refractivity (Wildman–Crippen MR) is 50.2 cm³/mol. The Morgan fingerprint density at radius 2 is 2.23 bits per heavy atom. The van der Waals surface area contributed by atoms with Gasteiger partial charge in [0.05, 0.1) is 7.11 Å². The van der Waals surface area contributed by atoms with Gasteiger partial charge in [0, 0.05) is 11.6 Å². The fourth-order valence-corrected chi connectivity index (χ4v) is 1.15. The van der Waals surface area contributed by atoms with Crippen molar-refractivity contribution in [1.29, 1.82) is 0 Å². The molecule has 2 nitrogen and oxygen atoms in total. The quantitative estimate of drug-likeness (QED) is 0.780. The van der Waals surface area contributed by atoms with Crippen LogP contribution in [0.3, 0.4) is 0 Å². The Kier molecular flexibility index (Phi) is 3.25. The normalized spacial score (nSPS) is 12.6. The molecule has 13 heavy (non-hydrogen) atoms. The first-order chi connectivity index (χ1) is 6.19. The van der Waals surface area contributed by atoms with Crippen LogP contribution in [0.4, 0.5) is 4.39 Å². The molecular weight excluding hydrogens is 169 g/mol. The smallest absolute Gasteiger partial charge is 0.128 e. The van der Waals surface area contributed by atoms with E-state index in [1.165, 1.54) is 6.07 Å². The molecule has 72 valence electrons. The largest absolute Gasteiger partial charge is 0.497 e. The summed E-state index contributed by atoms with van der Waals surface area (Å²) in [5.74, 6) is 0.371. The van der Waals surface area contributed by atoms with Crippen LogP contribution in [0.25, 0.3) is 0 Å². The van der Waals surface area contributed by atoms with E-state index in [2.05, 4.69) is 0 Å². The second-order valence-corrected chi connectivity index (χ2v) is 2.90. The Labute approximate surface area is 77.5 Å². The van der Waals surface area contributed by atoms with Crippen molar-refractivity contribution in [1.82, 2.24) is 0 Å². The monoisotopic (exact) mass is 183 g/mol. The maximum absolute atomic E-state index is 13.2. The van der Waals surface area contributed by atoms with Crippen molar-refractivity contribution in [2.75, 3.05) is 7.11 Å². The Hall–Kier alpha value is -1.09. The lowest BCUT2D eigenvalue weighted by molar-refractivity contribution is 0.411. The summed E-state index contributed by atoms with van der Waals surface area (Å²) in [6, 6.07) is 4.35. The second-order valence-electron chi connectivity index (χ2n) is 2.90. The number of rotatable bonds is 3. The zero-order chi connectivity index (χ0) is 9.84. The number of hydrogen-bond donors (Lipinski definition) is 1. The number of ether oxygens (including phenoxy) is 1. The zero-order valence-corrected chi connectivity index (χ0v) is 7.88. The summed E-state index contributed by atoms with van der Waals surface area (Å²) in [5.41, 5.74) is 6.24. The van der Waals surface area contributed by atoms with Crippen LogP contribution in [0, 0.1) is 5.82 Å². The molecule has 1 aromatic rings. The van der Waals surface area contributed by atoms with E-state index in [-0.39, 0.29) is 11.9 Å². The summed E-state index contributed by atoms with van der Waals surface area (Å²) in [6.45, 7) is 1.92. The van der Waals surface area contributed by atoms with Gasteiger partial charge in [-0.05, 0) is 24.6 Å². The highest BCUT2D eigenvalue weighted by Gasteiger charge is 2.10. The third-order valence-electron chi connectivity index (χ3n) is 2.04. The molecule has 2 N–H and O–H groups in total. The first-order valence-electron chi connectivity index (χ1n) is 4.28. The topological polar surface area (TPSA) is 35.2 Å². The molecule has 0 heterocycles. The second kappa shape index (κ2) is 4.23.